The monoisotopic (exact) mass is 204 g/mol. The third-order valence-electron chi connectivity index (χ3n) is 3.18. The summed E-state index contributed by atoms with van der Waals surface area (Å²) in [6.45, 7) is 3.64. The maximum atomic E-state index is 10.5. The molecule has 0 unspecified atom stereocenters. The molecule has 0 saturated carbocycles. The molecule has 80 valence electrons. The number of hydrogen-bond donors (Lipinski definition) is 2. The van der Waals surface area contributed by atoms with E-state index in [1.54, 1.807) is 6.08 Å². The molecular formula is C13H16O2. The first-order chi connectivity index (χ1) is 7.18. The summed E-state index contributed by atoms with van der Waals surface area (Å²) < 4.78 is 0. The minimum atomic E-state index is -1.14. The number of hydrogen-bond acceptors (Lipinski definition) is 2. The molecule has 0 amide bonds. The van der Waals surface area contributed by atoms with Crippen LogP contribution < -0.4 is 0 Å². The summed E-state index contributed by atoms with van der Waals surface area (Å²) in [7, 11) is 0. The van der Waals surface area contributed by atoms with E-state index in [9.17, 15) is 10.2 Å². The molecule has 1 aromatic carbocycles. The van der Waals surface area contributed by atoms with Crippen molar-refractivity contribution >= 4 is 0 Å². The van der Waals surface area contributed by atoms with E-state index < -0.39 is 11.7 Å². The summed E-state index contributed by atoms with van der Waals surface area (Å²) >= 11 is 0. The highest BCUT2D eigenvalue weighted by Gasteiger charge is 2.40. The van der Waals surface area contributed by atoms with Crippen molar-refractivity contribution in [2.75, 3.05) is 0 Å². The molecule has 2 rings (SSSR count). The Kier molecular flexibility index (Phi) is 2.63. The lowest BCUT2D eigenvalue weighted by Crippen LogP contribution is -2.43. The van der Waals surface area contributed by atoms with Gasteiger partial charge in [-0.25, -0.2) is 0 Å². The lowest BCUT2D eigenvalue weighted by Gasteiger charge is -2.38. The van der Waals surface area contributed by atoms with Gasteiger partial charge >= 0.3 is 0 Å². The zero-order valence-corrected chi connectivity index (χ0v) is 8.69. The van der Waals surface area contributed by atoms with E-state index in [0.717, 1.165) is 17.5 Å². The predicted molar refractivity (Wildman–Crippen MR) is 59.5 cm³/mol. The van der Waals surface area contributed by atoms with Crippen molar-refractivity contribution in [2.45, 2.75) is 31.0 Å². The van der Waals surface area contributed by atoms with Crippen molar-refractivity contribution in [2.24, 2.45) is 0 Å². The molecule has 2 nitrogen and oxygen atoms in total. The SMILES string of the molecule is C=CC[C@@]1(O)c2ccccc2CC[C@H]1O. The Hall–Kier alpha value is -1.12. The highest BCUT2D eigenvalue weighted by atomic mass is 16.3. The van der Waals surface area contributed by atoms with Crippen LogP contribution in [0.25, 0.3) is 0 Å². The Morgan fingerprint density at radius 2 is 2.20 bits per heavy atom. The average molecular weight is 204 g/mol. The molecule has 1 aliphatic rings. The molecule has 0 aromatic heterocycles. The quantitative estimate of drug-likeness (QED) is 0.721. The van der Waals surface area contributed by atoms with E-state index in [1.165, 1.54) is 0 Å². The van der Waals surface area contributed by atoms with Gasteiger partial charge in [0.2, 0.25) is 0 Å². The van der Waals surface area contributed by atoms with Gasteiger partial charge in [-0.2, -0.15) is 0 Å². The largest absolute Gasteiger partial charge is 0.390 e. The number of benzene rings is 1. The fourth-order valence-electron chi connectivity index (χ4n) is 2.34. The van der Waals surface area contributed by atoms with Crippen LogP contribution in [0.3, 0.4) is 0 Å². The fourth-order valence-corrected chi connectivity index (χ4v) is 2.34. The molecule has 0 spiro atoms. The molecule has 1 aromatic rings. The van der Waals surface area contributed by atoms with Crippen LogP contribution in [-0.2, 0) is 12.0 Å². The van der Waals surface area contributed by atoms with Gasteiger partial charge in [-0.3, -0.25) is 0 Å². The lowest BCUT2D eigenvalue weighted by atomic mass is 9.75. The average Bonchev–Trinajstić information content (AvgIpc) is 2.25. The van der Waals surface area contributed by atoms with Crippen LogP contribution in [0.4, 0.5) is 0 Å². The van der Waals surface area contributed by atoms with Gasteiger partial charge in [0.15, 0.2) is 0 Å². The van der Waals surface area contributed by atoms with Gasteiger partial charge in [-0.1, -0.05) is 30.3 Å². The summed E-state index contributed by atoms with van der Waals surface area (Å²) in [5, 5.41) is 20.4. The van der Waals surface area contributed by atoms with Crippen LogP contribution in [0, 0.1) is 0 Å². The van der Waals surface area contributed by atoms with Crippen LogP contribution in [0.2, 0.25) is 0 Å². The van der Waals surface area contributed by atoms with Crippen LogP contribution in [0.15, 0.2) is 36.9 Å². The normalized spacial score (nSPS) is 29.6. The maximum Gasteiger partial charge on any atom is 0.119 e. The van der Waals surface area contributed by atoms with Gasteiger partial charge in [0, 0.05) is 6.42 Å². The number of rotatable bonds is 2. The molecule has 2 heteroatoms. The van der Waals surface area contributed by atoms with Gasteiger partial charge in [0.05, 0.1) is 6.10 Å². The van der Waals surface area contributed by atoms with Crippen molar-refractivity contribution < 1.29 is 10.2 Å². The van der Waals surface area contributed by atoms with Crippen LogP contribution >= 0.6 is 0 Å². The third-order valence-corrected chi connectivity index (χ3v) is 3.18. The first-order valence-electron chi connectivity index (χ1n) is 5.28. The van der Waals surface area contributed by atoms with Crippen LogP contribution in [0.5, 0.6) is 0 Å². The summed E-state index contributed by atoms with van der Waals surface area (Å²) in [4.78, 5) is 0. The first-order valence-corrected chi connectivity index (χ1v) is 5.28. The van der Waals surface area contributed by atoms with Gasteiger partial charge in [-0.15, -0.1) is 6.58 Å². The molecule has 1 aliphatic carbocycles. The summed E-state index contributed by atoms with van der Waals surface area (Å²) in [5.74, 6) is 0. The molecule has 0 fully saturated rings. The van der Waals surface area contributed by atoms with Crippen molar-refractivity contribution in [1.82, 2.24) is 0 Å². The Morgan fingerprint density at radius 3 is 2.93 bits per heavy atom. The molecule has 2 N–H and O–H groups in total. The molecule has 15 heavy (non-hydrogen) atoms. The summed E-state index contributed by atoms with van der Waals surface area (Å²) in [6, 6.07) is 7.76. The third kappa shape index (κ3) is 1.60. The van der Waals surface area contributed by atoms with Crippen molar-refractivity contribution in [3.05, 3.63) is 48.0 Å². The zero-order valence-electron chi connectivity index (χ0n) is 8.69. The fraction of sp³-hybridized carbons (Fsp3) is 0.385. The molecule has 0 bridgehead atoms. The predicted octanol–water partition coefficient (Wildman–Crippen LogP) is 1.76. The number of aliphatic hydroxyl groups is 2. The second-order valence-corrected chi connectivity index (χ2v) is 4.13. The van der Waals surface area contributed by atoms with Gasteiger partial charge in [-0.05, 0) is 24.0 Å². The van der Waals surface area contributed by atoms with Crippen molar-refractivity contribution in [3.8, 4) is 0 Å². The Labute approximate surface area is 89.9 Å². The van der Waals surface area contributed by atoms with Gasteiger partial charge in [0.1, 0.15) is 5.60 Å². The van der Waals surface area contributed by atoms with Crippen LogP contribution in [-0.4, -0.2) is 16.3 Å². The highest BCUT2D eigenvalue weighted by Crippen LogP contribution is 2.38. The molecular weight excluding hydrogens is 188 g/mol. The second kappa shape index (κ2) is 3.80. The van der Waals surface area contributed by atoms with E-state index >= 15 is 0 Å². The minimum absolute atomic E-state index is 0.394. The topological polar surface area (TPSA) is 40.5 Å². The molecule has 2 atom stereocenters. The molecule has 0 heterocycles. The summed E-state index contributed by atoms with van der Waals surface area (Å²) in [5.41, 5.74) is 0.840. The second-order valence-electron chi connectivity index (χ2n) is 4.13. The first kappa shape index (κ1) is 10.4. The Morgan fingerprint density at radius 1 is 1.47 bits per heavy atom. The molecule has 0 aliphatic heterocycles. The zero-order chi connectivity index (χ0) is 10.9. The Bertz CT molecular complexity index is 373. The van der Waals surface area contributed by atoms with E-state index in [1.807, 2.05) is 24.3 Å². The van der Waals surface area contributed by atoms with Gasteiger partial charge in [0.25, 0.3) is 0 Å². The van der Waals surface area contributed by atoms with E-state index in [2.05, 4.69) is 6.58 Å². The van der Waals surface area contributed by atoms with Crippen LogP contribution in [0.1, 0.15) is 24.0 Å². The lowest BCUT2D eigenvalue weighted by molar-refractivity contribution is -0.0880. The number of aliphatic hydroxyl groups excluding tert-OH is 1. The maximum absolute atomic E-state index is 10.5. The van der Waals surface area contributed by atoms with E-state index in [4.69, 9.17) is 0 Å². The van der Waals surface area contributed by atoms with E-state index in [-0.39, 0.29) is 0 Å². The van der Waals surface area contributed by atoms with Crippen molar-refractivity contribution in [1.29, 1.82) is 0 Å². The van der Waals surface area contributed by atoms with Crippen molar-refractivity contribution in [3.63, 3.8) is 0 Å². The minimum Gasteiger partial charge on any atom is -0.390 e. The van der Waals surface area contributed by atoms with E-state index in [0.29, 0.717) is 12.8 Å². The standard InChI is InChI=1S/C13H16O2/c1-2-9-13(15)11-6-4-3-5-10(11)7-8-12(13)14/h2-6,12,14-15H,1,7-9H2/t12-,13-/m1/s1. The number of aryl methyl sites for hydroxylation is 1. The summed E-state index contributed by atoms with van der Waals surface area (Å²) in [6.07, 6.45) is 2.81. The smallest absolute Gasteiger partial charge is 0.119 e. The van der Waals surface area contributed by atoms with Gasteiger partial charge < -0.3 is 10.2 Å². The molecule has 0 radical (unpaired) electrons. The highest BCUT2D eigenvalue weighted by molar-refractivity contribution is 5.36. The number of fused-ring (bicyclic) bond motifs is 1. The molecule has 0 saturated heterocycles. The Balaban J connectivity index is 2.49.